The van der Waals surface area contributed by atoms with Crippen molar-refractivity contribution in [2.75, 3.05) is 0 Å². The van der Waals surface area contributed by atoms with Gasteiger partial charge >= 0.3 is 0 Å². The summed E-state index contributed by atoms with van der Waals surface area (Å²) in [6.07, 6.45) is -1.06. The summed E-state index contributed by atoms with van der Waals surface area (Å²) in [6, 6.07) is 26.2. The predicted octanol–water partition coefficient (Wildman–Crippen LogP) is 3.96. The van der Waals surface area contributed by atoms with Crippen molar-refractivity contribution < 1.29 is 10.2 Å². The number of aryl methyl sites for hydroxylation is 1. The first-order valence-corrected chi connectivity index (χ1v) is 7.70. The zero-order valence-corrected chi connectivity index (χ0v) is 13.1. The number of aliphatic hydroxyl groups excluding tert-OH is 1. The van der Waals surface area contributed by atoms with Crippen molar-refractivity contribution in [2.45, 2.75) is 18.6 Å². The molecular weight excluding hydrogens is 284 g/mol. The molecule has 0 fully saturated rings. The zero-order chi connectivity index (χ0) is 16.3. The van der Waals surface area contributed by atoms with E-state index in [1.54, 1.807) is 0 Å². The van der Waals surface area contributed by atoms with E-state index < -0.39 is 11.7 Å². The highest BCUT2D eigenvalue weighted by Crippen LogP contribution is 2.40. The van der Waals surface area contributed by atoms with Crippen LogP contribution < -0.4 is 0 Å². The Morgan fingerprint density at radius 2 is 1.13 bits per heavy atom. The number of benzene rings is 3. The third kappa shape index (κ3) is 2.91. The minimum Gasteiger partial charge on any atom is -0.385 e. The Bertz CT molecular complexity index is 709. The molecule has 3 aromatic rings. The van der Waals surface area contributed by atoms with Gasteiger partial charge in [-0.25, -0.2) is 0 Å². The Kier molecular flexibility index (Phi) is 4.28. The van der Waals surface area contributed by atoms with Crippen LogP contribution in [0, 0.1) is 6.92 Å². The molecule has 2 nitrogen and oxygen atoms in total. The smallest absolute Gasteiger partial charge is 0.145 e. The third-order valence-electron chi connectivity index (χ3n) is 4.22. The summed E-state index contributed by atoms with van der Waals surface area (Å²) in [5, 5.41) is 22.5. The molecule has 0 heterocycles. The van der Waals surface area contributed by atoms with Crippen LogP contribution in [0.25, 0.3) is 0 Å². The van der Waals surface area contributed by atoms with Crippen molar-refractivity contribution in [2.24, 2.45) is 0 Å². The molecule has 0 saturated heterocycles. The third-order valence-corrected chi connectivity index (χ3v) is 4.22. The van der Waals surface area contributed by atoms with Crippen molar-refractivity contribution in [3.05, 3.63) is 107 Å². The Morgan fingerprint density at radius 3 is 1.57 bits per heavy atom. The van der Waals surface area contributed by atoms with E-state index >= 15 is 0 Å². The molecule has 0 unspecified atom stereocenters. The van der Waals surface area contributed by atoms with E-state index in [1.165, 1.54) is 0 Å². The van der Waals surface area contributed by atoms with Gasteiger partial charge in [-0.15, -0.1) is 0 Å². The maximum absolute atomic E-state index is 11.5. The average molecular weight is 304 g/mol. The predicted molar refractivity (Wildman–Crippen MR) is 92.0 cm³/mol. The van der Waals surface area contributed by atoms with Crippen molar-refractivity contribution in [1.29, 1.82) is 0 Å². The van der Waals surface area contributed by atoms with Gasteiger partial charge in [0.25, 0.3) is 0 Å². The lowest BCUT2D eigenvalue weighted by atomic mass is 9.79. The lowest BCUT2D eigenvalue weighted by Gasteiger charge is -2.34. The van der Waals surface area contributed by atoms with Gasteiger partial charge in [-0.3, -0.25) is 0 Å². The fraction of sp³-hybridized carbons (Fsp3) is 0.143. The molecule has 2 N–H and O–H groups in total. The van der Waals surface area contributed by atoms with Crippen LogP contribution in [-0.4, -0.2) is 10.2 Å². The number of hydrogen-bond donors (Lipinski definition) is 2. The fourth-order valence-corrected chi connectivity index (χ4v) is 2.86. The largest absolute Gasteiger partial charge is 0.385 e. The second kappa shape index (κ2) is 6.37. The van der Waals surface area contributed by atoms with Crippen molar-refractivity contribution in [3.8, 4) is 0 Å². The Labute approximate surface area is 136 Å². The molecule has 23 heavy (non-hydrogen) atoms. The van der Waals surface area contributed by atoms with Crippen molar-refractivity contribution >= 4 is 0 Å². The number of hydrogen-bond acceptors (Lipinski definition) is 2. The maximum Gasteiger partial charge on any atom is 0.145 e. The van der Waals surface area contributed by atoms with Crippen LogP contribution >= 0.6 is 0 Å². The molecule has 0 aromatic heterocycles. The van der Waals surface area contributed by atoms with Crippen LogP contribution in [-0.2, 0) is 5.60 Å². The average Bonchev–Trinajstić information content (AvgIpc) is 2.62. The van der Waals surface area contributed by atoms with E-state index in [0.717, 1.165) is 5.56 Å². The van der Waals surface area contributed by atoms with Gasteiger partial charge in [-0.05, 0) is 23.6 Å². The quantitative estimate of drug-likeness (QED) is 0.766. The molecule has 0 saturated carbocycles. The van der Waals surface area contributed by atoms with Gasteiger partial charge in [0.15, 0.2) is 0 Å². The van der Waals surface area contributed by atoms with E-state index in [-0.39, 0.29) is 0 Å². The van der Waals surface area contributed by atoms with Gasteiger partial charge < -0.3 is 10.2 Å². The van der Waals surface area contributed by atoms with Crippen LogP contribution in [0.3, 0.4) is 0 Å². The van der Waals surface area contributed by atoms with Gasteiger partial charge in [-0.1, -0.05) is 90.5 Å². The summed E-state index contributed by atoms with van der Waals surface area (Å²) < 4.78 is 0. The summed E-state index contributed by atoms with van der Waals surface area (Å²) in [4.78, 5) is 0. The lowest BCUT2D eigenvalue weighted by molar-refractivity contribution is -0.0517. The highest BCUT2D eigenvalue weighted by atomic mass is 16.3. The topological polar surface area (TPSA) is 40.5 Å². The second-order valence-electron chi connectivity index (χ2n) is 5.81. The lowest BCUT2D eigenvalue weighted by Crippen LogP contribution is -2.35. The molecule has 0 amide bonds. The standard InChI is InChI=1S/C21H20O2/c1-16-12-14-17(15-13-16)20(22)21(23,18-8-4-2-5-9-18)19-10-6-3-7-11-19/h2-15,20,22-23H,1H3/t20-/m1/s1. The normalized spacial score (nSPS) is 12.8. The summed E-state index contributed by atoms with van der Waals surface area (Å²) in [7, 11) is 0. The molecule has 0 aliphatic heterocycles. The molecular formula is C21H20O2. The Balaban J connectivity index is 2.14. The van der Waals surface area contributed by atoms with Crippen LogP contribution in [0.15, 0.2) is 84.9 Å². The van der Waals surface area contributed by atoms with Crippen LogP contribution in [0.5, 0.6) is 0 Å². The summed E-state index contributed by atoms with van der Waals surface area (Å²) >= 11 is 0. The Hall–Kier alpha value is -2.42. The molecule has 0 bridgehead atoms. The van der Waals surface area contributed by atoms with Crippen LogP contribution in [0.1, 0.15) is 28.4 Å². The molecule has 2 heteroatoms. The molecule has 0 spiro atoms. The Morgan fingerprint density at radius 1 is 0.696 bits per heavy atom. The van der Waals surface area contributed by atoms with E-state index in [9.17, 15) is 10.2 Å². The van der Waals surface area contributed by atoms with Crippen molar-refractivity contribution in [1.82, 2.24) is 0 Å². The van der Waals surface area contributed by atoms with Gasteiger partial charge in [0.05, 0.1) is 0 Å². The first-order chi connectivity index (χ1) is 11.1. The van der Waals surface area contributed by atoms with Crippen molar-refractivity contribution in [3.63, 3.8) is 0 Å². The van der Waals surface area contributed by atoms with Gasteiger partial charge in [0.2, 0.25) is 0 Å². The minimum absolute atomic E-state index is 0.666. The molecule has 3 rings (SSSR count). The first kappa shape index (κ1) is 15.5. The molecule has 116 valence electrons. The van der Waals surface area contributed by atoms with E-state index in [4.69, 9.17) is 0 Å². The maximum atomic E-state index is 11.5. The first-order valence-electron chi connectivity index (χ1n) is 7.70. The highest BCUT2D eigenvalue weighted by molar-refractivity contribution is 5.40. The van der Waals surface area contributed by atoms with Gasteiger partial charge in [0.1, 0.15) is 11.7 Å². The molecule has 0 radical (unpaired) electrons. The highest BCUT2D eigenvalue weighted by Gasteiger charge is 2.40. The SMILES string of the molecule is Cc1ccc([C@@H](O)C(O)(c2ccccc2)c2ccccc2)cc1. The van der Waals surface area contributed by atoms with Crippen LogP contribution in [0.4, 0.5) is 0 Å². The fourth-order valence-electron chi connectivity index (χ4n) is 2.86. The van der Waals surface area contributed by atoms with E-state index in [2.05, 4.69) is 0 Å². The number of rotatable bonds is 4. The summed E-state index contributed by atoms with van der Waals surface area (Å²) in [6.45, 7) is 2.00. The summed E-state index contributed by atoms with van der Waals surface area (Å²) in [5.41, 5.74) is 1.63. The van der Waals surface area contributed by atoms with Crippen LogP contribution in [0.2, 0.25) is 0 Å². The monoisotopic (exact) mass is 304 g/mol. The van der Waals surface area contributed by atoms with E-state index in [1.807, 2.05) is 91.9 Å². The van der Waals surface area contributed by atoms with Gasteiger partial charge in [0, 0.05) is 0 Å². The number of aliphatic hydroxyl groups is 2. The molecule has 0 aliphatic rings. The summed E-state index contributed by atoms with van der Waals surface area (Å²) in [5.74, 6) is 0. The zero-order valence-electron chi connectivity index (χ0n) is 13.1. The minimum atomic E-state index is -1.50. The molecule has 3 aromatic carbocycles. The molecule has 1 atom stereocenters. The van der Waals surface area contributed by atoms with Gasteiger partial charge in [-0.2, -0.15) is 0 Å². The van der Waals surface area contributed by atoms with E-state index in [0.29, 0.717) is 16.7 Å². The molecule has 0 aliphatic carbocycles. The second-order valence-corrected chi connectivity index (χ2v) is 5.81.